The van der Waals surface area contributed by atoms with Gasteiger partial charge < -0.3 is 0 Å². The molecule has 0 N–H and O–H groups in total. The first-order valence-electron chi connectivity index (χ1n) is 10.2. The van der Waals surface area contributed by atoms with Crippen LogP contribution in [0.2, 0.25) is 0 Å². The molecule has 0 radical (unpaired) electrons. The third kappa shape index (κ3) is 3.43. The summed E-state index contributed by atoms with van der Waals surface area (Å²) in [4.78, 5) is 32.4. The predicted molar refractivity (Wildman–Crippen MR) is 117 cm³/mol. The Bertz CT molecular complexity index is 1340. The second kappa shape index (κ2) is 7.87. The van der Waals surface area contributed by atoms with E-state index in [1.807, 2.05) is 20.0 Å². The molecule has 0 bridgehead atoms. The van der Waals surface area contributed by atoms with Crippen LogP contribution in [0, 0.1) is 6.92 Å². The molecule has 156 valence electrons. The molecular weight excluding hydrogens is 380 g/mol. The van der Waals surface area contributed by atoms with E-state index in [-0.39, 0.29) is 17.7 Å². The van der Waals surface area contributed by atoms with E-state index in [0.29, 0.717) is 17.9 Å². The normalized spacial score (nSPS) is 11.8. The molecule has 0 fully saturated rings. The van der Waals surface area contributed by atoms with Crippen LogP contribution in [-0.4, -0.2) is 41.7 Å². The van der Waals surface area contributed by atoms with Crippen LogP contribution in [0.1, 0.15) is 30.8 Å². The van der Waals surface area contributed by atoms with Crippen molar-refractivity contribution in [2.24, 2.45) is 7.05 Å². The lowest BCUT2D eigenvalue weighted by Gasteiger charge is -2.19. The molecule has 4 aromatic rings. The van der Waals surface area contributed by atoms with E-state index in [2.05, 4.69) is 28.8 Å². The van der Waals surface area contributed by atoms with Crippen molar-refractivity contribution < 1.29 is 0 Å². The maximum absolute atomic E-state index is 13.1. The predicted octanol–water partition coefficient (Wildman–Crippen LogP) is 1.94. The number of aromatic nitrogens is 5. The summed E-state index contributed by atoms with van der Waals surface area (Å²) in [7, 11) is 1.84. The van der Waals surface area contributed by atoms with Crippen LogP contribution >= 0.6 is 0 Å². The Balaban J connectivity index is 1.87. The van der Waals surface area contributed by atoms with Gasteiger partial charge in [-0.2, -0.15) is 5.10 Å². The van der Waals surface area contributed by atoms with Crippen molar-refractivity contribution in [3.05, 3.63) is 74.2 Å². The maximum atomic E-state index is 13.1. The Morgan fingerprint density at radius 3 is 2.57 bits per heavy atom. The van der Waals surface area contributed by atoms with Gasteiger partial charge in [0.2, 0.25) is 0 Å². The molecule has 8 nitrogen and oxygen atoms in total. The van der Waals surface area contributed by atoms with Crippen LogP contribution in [0.4, 0.5) is 0 Å². The van der Waals surface area contributed by atoms with E-state index >= 15 is 0 Å². The molecule has 4 aromatic heterocycles. The van der Waals surface area contributed by atoms with Crippen LogP contribution in [0.15, 0.2) is 46.1 Å². The summed E-state index contributed by atoms with van der Waals surface area (Å²) in [5, 5.41) is 5.56. The molecule has 0 amide bonds. The summed E-state index contributed by atoms with van der Waals surface area (Å²) in [6, 6.07) is 8.59. The van der Waals surface area contributed by atoms with Crippen molar-refractivity contribution in [3.8, 4) is 0 Å². The zero-order chi connectivity index (χ0) is 21.4. The number of fused-ring (bicyclic) bond motifs is 2. The third-order valence-electron chi connectivity index (χ3n) is 5.56. The molecule has 0 saturated carbocycles. The molecule has 0 aliphatic heterocycles. The summed E-state index contributed by atoms with van der Waals surface area (Å²) in [5.74, 6) is 0. The molecule has 0 saturated heterocycles. The van der Waals surface area contributed by atoms with Gasteiger partial charge >= 0.3 is 0 Å². The van der Waals surface area contributed by atoms with Crippen LogP contribution in [0.5, 0.6) is 0 Å². The number of pyridine rings is 2. The first-order chi connectivity index (χ1) is 14.4. The Morgan fingerprint density at radius 2 is 1.83 bits per heavy atom. The first-order valence-corrected chi connectivity index (χ1v) is 10.2. The summed E-state index contributed by atoms with van der Waals surface area (Å²) in [6.07, 6.45) is 1.69. The average molecular weight is 406 g/mol. The quantitative estimate of drug-likeness (QED) is 0.489. The average Bonchev–Trinajstić information content (AvgIpc) is 3.03. The Labute approximate surface area is 174 Å². The van der Waals surface area contributed by atoms with Gasteiger partial charge in [0.15, 0.2) is 0 Å². The Morgan fingerprint density at radius 1 is 1.07 bits per heavy atom. The summed E-state index contributed by atoms with van der Waals surface area (Å²) < 4.78 is 4.89. The lowest BCUT2D eigenvalue weighted by molar-refractivity contribution is 0.296. The standard InChI is InChI=1S/C22H26N6O2/c1-5-26(6-2)13-16-11-19(29)28(22-21(16)15(3)24-25(22)4)14-17-12-20(30)27-10-8-7-9-18(27)23-17/h7-12H,5-6,13-14H2,1-4H3. The zero-order valence-corrected chi connectivity index (χ0v) is 17.8. The molecule has 0 unspecified atom stereocenters. The molecule has 4 rings (SSSR count). The van der Waals surface area contributed by atoms with Crippen LogP contribution in [0.25, 0.3) is 16.7 Å². The molecule has 0 aliphatic carbocycles. The highest BCUT2D eigenvalue weighted by atomic mass is 16.1. The largest absolute Gasteiger partial charge is 0.300 e. The van der Waals surface area contributed by atoms with E-state index in [1.165, 1.54) is 10.5 Å². The van der Waals surface area contributed by atoms with Crippen molar-refractivity contribution >= 4 is 16.7 Å². The second-order valence-corrected chi connectivity index (χ2v) is 7.48. The lowest BCUT2D eigenvalue weighted by atomic mass is 10.1. The monoisotopic (exact) mass is 406 g/mol. The minimum Gasteiger partial charge on any atom is -0.300 e. The number of nitrogens with zero attached hydrogens (tertiary/aromatic N) is 6. The van der Waals surface area contributed by atoms with Gasteiger partial charge in [0.1, 0.15) is 11.3 Å². The van der Waals surface area contributed by atoms with E-state index < -0.39 is 0 Å². The van der Waals surface area contributed by atoms with Gasteiger partial charge in [-0.1, -0.05) is 19.9 Å². The molecule has 0 spiro atoms. The number of hydrogen-bond acceptors (Lipinski definition) is 5. The zero-order valence-electron chi connectivity index (χ0n) is 17.8. The smallest absolute Gasteiger partial charge is 0.258 e. The highest BCUT2D eigenvalue weighted by molar-refractivity contribution is 5.82. The summed E-state index contributed by atoms with van der Waals surface area (Å²) >= 11 is 0. The van der Waals surface area contributed by atoms with E-state index in [4.69, 9.17) is 0 Å². The Hall–Kier alpha value is -3.26. The minimum absolute atomic E-state index is 0.122. The number of hydrogen-bond donors (Lipinski definition) is 0. The van der Waals surface area contributed by atoms with Crippen LogP contribution in [-0.2, 0) is 20.1 Å². The fourth-order valence-corrected chi connectivity index (χ4v) is 4.05. The SMILES string of the molecule is CCN(CC)Cc1cc(=O)n(Cc2cc(=O)n3ccccc3n2)c2c1c(C)nn2C. The number of rotatable bonds is 6. The molecule has 4 heterocycles. The topological polar surface area (TPSA) is 77.4 Å². The van der Waals surface area contributed by atoms with Gasteiger partial charge in [-0.15, -0.1) is 0 Å². The van der Waals surface area contributed by atoms with Crippen LogP contribution < -0.4 is 11.1 Å². The van der Waals surface area contributed by atoms with Crippen molar-refractivity contribution in [2.45, 2.75) is 33.9 Å². The van der Waals surface area contributed by atoms with Gasteiger partial charge in [-0.05, 0) is 37.7 Å². The van der Waals surface area contributed by atoms with Crippen molar-refractivity contribution in [1.82, 2.24) is 28.6 Å². The lowest BCUT2D eigenvalue weighted by Crippen LogP contribution is -2.27. The summed E-state index contributed by atoms with van der Waals surface area (Å²) in [6.45, 7) is 8.91. The summed E-state index contributed by atoms with van der Waals surface area (Å²) in [5.41, 5.74) is 3.43. The minimum atomic E-state index is -0.167. The molecule has 30 heavy (non-hydrogen) atoms. The van der Waals surface area contributed by atoms with Crippen molar-refractivity contribution in [2.75, 3.05) is 13.1 Å². The maximum Gasteiger partial charge on any atom is 0.258 e. The van der Waals surface area contributed by atoms with E-state index in [0.717, 1.165) is 35.4 Å². The van der Waals surface area contributed by atoms with Crippen LogP contribution in [0.3, 0.4) is 0 Å². The van der Waals surface area contributed by atoms with E-state index in [9.17, 15) is 9.59 Å². The fourth-order valence-electron chi connectivity index (χ4n) is 4.05. The first kappa shape index (κ1) is 20.0. The van der Waals surface area contributed by atoms with Crippen molar-refractivity contribution in [1.29, 1.82) is 0 Å². The Kier molecular flexibility index (Phi) is 5.26. The number of aryl methyl sites for hydroxylation is 2. The van der Waals surface area contributed by atoms with Gasteiger partial charge in [-0.25, -0.2) is 4.98 Å². The van der Waals surface area contributed by atoms with Gasteiger partial charge in [-0.3, -0.25) is 28.1 Å². The highest BCUT2D eigenvalue weighted by Gasteiger charge is 2.18. The van der Waals surface area contributed by atoms with Gasteiger partial charge in [0.05, 0.1) is 17.9 Å². The molecule has 0 aromatic carbocycles. The fraction of sp³-hybridized carbons (Fsp3) is 0.364. The van der Waals surface area contributed by atoms with Gasteiger partial charge in [0.25, 0.3) is 11.1 Å². The molecule has 0 atom stereocenters. The molecule has 8 heteroatoms. The third-order valence-corrected chi connectivity index (χ3v) is 5.56. The van der Waals surface area contributed by atoms with Gasteiger partial charge in [0, 0.05) is 37.3 Å². The highest BCUT2D eigenvalue weighted by Crippen LogP contribution is 2.22. The molecular formula is C22H26N6O2. The van der Waals surface area contributed by atoms with E-state index in [1.54, 1.807) is 33.6 Å². The molecule has 0 aliphatic rings. The second-order valence-electron chi connectivity index (χ2n) is 7.48. The van der Waals surface area contributed by atoms with Crippen molar-refractivity contribution in [3.63, 3.8) is 0 Å².